The lowest BCUT2D eigenvalue weighted by Crippen LogP contribution is -2.27. The van der Waals surface area contributed by atoms with Gasteiger partial charge in [0.1, 0.15) is 11.8 Å². The fourth-order valence-electron chi connectivity index (χ4n) is 3.39. The first-order valence-corrected chi connectivity index (χ1v) is 8.97. The highest BCUT2D eigenvalue weighted by atomic mass is 16.5. The van der Waals surface area contributed by atoms with Gasteiger partial charge in [0, 0.05) is 18.5 Å². The zero-order valence-electron chi connectivity index (χ0n) is 15.4. The van der Waals surface area contributed by atoms with E-state index in [1.165, 1.54) is 0 Å². The fraction of sp³-hybridized carbons (Fsp3) is 0.286. The Kier molecular flexibility index (Phi) is 4.62. The van der Waals surface area contributed by atoms with Crippen molar-refractivity contribution < 1.29 is 14.1 Å². The van der Waals surface area contributed by atoms with E-state index in [-0.39, 0.29) is 11.9 Å². The Morgan fingerprint density at radius 3 is 2.78 bits per heavy atom. The van der Waals surface area contributed by atoms with Crippen LogP contribution in [-0.2, 0) is 11.3 Å². The maximum Gasteiger partial charge on any atom is 0.249 e. The summed E-state index contributed by atoms with van der Waals surface area (Å²) < 4.78 is 10.7. The minimum atomic E-state index is -0.189. The third-order valence-electron chi connectivity index (χ3n) is 4.84. The molecular formula is C21H21N3O3. The average molecular weight is 363 g/mol. The predicted octanol–water partition coefficient (Wildman–Crippen LogP) is 3.92. The molecule has 2 aromatic carbocycles. The van der Waals surface area contributed by atoms with Gasteiger partial charge < -0.3 is 14.2 Å². The Morgan fingerprint density at radius 1 is 1.22 bits per heavy atom. The lowest BCUT2D eigenvalue weighted by Gasteiger charge is -2.22. The van der Waals surface area contributed by atoms with Gasteiger partial charge in [-0.3, -0.25) is 4.79 Å². The van der Waals surface area contributed by atoms with E-state index in [0.29, 0.717) is 31.1 Å². The molecule has 1 fully saturated rings. The molecule has 1 atom stereocenters. The van der Waals surface area contributed by atoms with Crippen LogP contribution in [0, 0.1) is 6.92 Å². The predicted molar refractivity (Wildman–Crippen MR) is 100.0 cm³/mol. The molecule has 1 aliphatic heterocycles. The second-order valence-corrected chi connectivity index (χ2v) is 6.75. The van der Waals surface area contributed by atoms with Crippen LogP contribution in [-0.4, -0.2) is 28.1 Å². The van der Waals surface area contributed by atoms with Crippen molar-refractivity contribution >= 4 is 5.91 Å². The number of hydrogen-bond acceptors (Lipinski definition) is 5. The summed E-state index contributed by atoms with van der Waals surface area (Å²) in [7, 11) is 1.64. The summed E-state index contributed by atoms with van der Waals surface area (Å²) in [6, 6.07) is 15.5. The van der Waals surface area contributed by atoms with E-state index < -0.39 is 0 Å². The zero-order valence-corrected chi connectivity index (χ0v) is 15.4. The highest BCUT2D eigenvalue weighted by Gasteiger charge is 2.36. The van der Waals surface area contributed by atoms with Gasteiger partial charge in [-0.15, -0.1) is 0 Å². The molecule has 6 heteroatoms. The molecular weight excluding hydrogens is 342 g/mol. The van der Waals surface area contributed by atoms with Crippen LogP contribution >= 0.6 is 0 Å². The Hall–Kier alpha value is -3.15. The minimum absolute atomic E-state index is 0.103. The Bertz CT molecular complexity index is 949. The molecule has 0 saturated carbocycles. The summed E-state index contributed by atoms with van der Waals surface area (Å²) in [6.07, 6.45) is 1.17. The van der Waals surface area contributed by atoms with Gasteiger partial charge in [-0.25, -0.2) is 0 Å². The van der Waals surface area contributed by atoms with Crippen molar-refractivity contribution in [3.05, 3.63) is 65.5 Å². The smallest absolute Gasteiger partial charge is 0.249 e. The molecule has 27 heavy (non-hydrogen) atoms. The molecule has 6 nitrogen and oxygen atoms in total. The molecule has 1 aromatic heterocycles. The lowest BCUT2D eigenvalue weighted by molar-refractivity contribution is -0.129. The van der Waals surface area contributed by atoms with Gasteiger partial charge in [0.15, 0.2) is 0 Å². The Balaban J connectivity index is 1.56. The van der Waals surface area contributed by atoms with Crippen LogP contribution in [0.5, 0.6) is 5.75 Å². The Labute approximate surface area is 157 Å². The molecule has 0 N–H and O–H groups in total. The number of benzene rings is 2. The van der Waals surface area contributed by atoms with E-state index in [9.17, 15) is 4.79 Å². The number of amides is 1. The first kappa shape index (κ1) is 17.3. The third kappa shape index (κ3) is 3.56. The van der Waals surface area contributed by atoms with E-state index in [1.54, 1.807) is 7.11 Å². The summed E-state index contributed by atoms with van der Waals surface area (Å²) >= 11 is 0. The third-order valence-corrected chi connectivity index (χ3v) is 4.84. The minimum Gasteiger partial charge on any atom is -0.497 e. The van der Waals surface area contributed by atoms with Crippen LogP contribution in [0.2, 0.25) is 0 Å². The van der Waals surface area contributed by atoms with E-state index in [1.807, 2.05) is 60.4 Å². The number of aryl methyl sites for hydroxylation is 1. The molecule has 0 bridgehead atoms. The van der Waals surface area contributed by atoms with Crippen LogP contribution in [0.1, 0.15) is 35.9 Å². The van der Waals surface area contributed by atoms with Crippen LogP contribution < -0.4 is 4.74 Å². The van der Waals surface area contributed by atoms with E-state index in [2.05, 4.69) is 10.1 Å². The molecule has 4 rings (SSSR count). The summed E-state index contributed by atoms with van der Waals surface area (Å²) in [5.41, 5.74) is 3.08. The molecule has 1 saturated heterocycles. The van der Waals surface area contributed by atoms with E-state index >= 15 is 0 Å². The highest BCUT2D eigenvalue weighted by Crippen LogP contribution is 2.34. The Morgan fingerprint density at radius 2 is 2.04 bits per heavy atom. The summed E-state index contributed by atoms with van der Waals surface area (Å²) in [5.74, 6) is 1.94. The largest absolute Gasteiger partial charge is 0.497 e. The molecule has 1 unspecified atom stereocenters. The number of aromatic nitrogens is 2. The first-order valence-electron chi connectivity index (χ1n) is 8.97. The summed E-state index contributed by atoms with van der Waals surface area (Å²) in [5, 5.41) is 4.12. The quantitative estimate of drug-likeness (QED) is 0.687. The van der Waals surface area contributed by atoms with Crippen molar-refractivity contribution in [1.82, 2.24) is 15.0 Å². The fourth-order valence-corrected chi connectivity index (χ4v) is 3.39. The van der Waals surface area contributed by atoms with E-state index in [4.69, 9.17) is 9.26 Å². The molecule has 138 valence electrons. The molecule has 1 aliphatic rings. The summed E-state index contributed by atoms with van der Waals surface area (Å²) in [4.78, 5) is 18.8. The monoisotopic (exact) mass is 363 g/mol. The molecule has 0 aliphatic carbocycles. The van der Waals surface area contributed by atoms with Crippen molar-refractivity contribution in [1.29, 1.82) is 0 Å². The van der Waals surface area contributed by atoms with Gasteiger partial charge in [0.05, 0.1) is 7.11 Å². The second-order valence-electron chi connectivity index (χ2n) is 6.75. The van der Waals surface area contributed by atoms with Crippen molar-refractivity contribution in [2.45, 2.75) is 32.4 Å². The van der Waals surface area contributed by atoms with Crippen LogP contribution in [0.25, 0.3) is 11.4 Å². The normalized spacial score (nSPS) is 16.7. The van der Waals surface area contributed by atoms with Gasteiger partial charge in [0.25, 0.3) is 0 Å². The van der Waals surface area contributed by atoms with Gasteiger partial charge >= 0.3 is 0 Å². The van der Waals surface area contributed by atoms with Gasteiger partial charge in [-0.1, -0.05) is 41.1 Å². The number of rotatable bonds is 5. The topological polar surface area (TPSA) is 68.5 Å². The van der Waals surface area contributed by atoms with Gasteiger partial charge in [-0.2, -0.15) is 4.98 Å². The van der Waals surface area contributed by atoms with E-state index in [0.717, 1.165) is 22.4 Å². The van der Waals surface area contributed by atoms with Crippen molar-refractivity contribution in [2.75, 3.05) is 7.11 Å². The SMILES string of the molecule is COc1ccc(CN2C(=O)CCC2c2nc(-c3cccc(C)c3)no2)cc1. The first-order chi connectivity index (χ1) is 13.1. The van der Waals surface area contributed by atoms with Crippen molar-refractivity contribution in [3.63, 3.8) is 0 Å². The van der Waals surface area contributed by atoms with Gasteiger partial charge in [0.2, 0.25) is 17.6 Å². The zero-order chi connectivity index (χ0) is 18.8. The molecule has 0 radical (unpaired) electrons. The maximum absolute atomic E-state index is 12.4. The van der Waals surface area contributed by atoms with Crippen molar-refractivity contribution in [2.24, 2.45) is 0 Å². The number of hydrogen-bond donors (Lipinski definition) is 0. The second kappa shape index (κ2) is 7.23. The molecule has 2 heterocycles. The molecule has 3 aromatic rings. The lowest BCUT2D eigenvalue weighted by atomic mass is 10.1. The highest BCUT2D eigenvalue weighted by molar-refractivity contribution is 5.78. The number of ether oxygens (including phenoxy) is 1. The van der Waals surface area contributed by atoms with Crippen LogP contribution in [0.4, 0.5) is 0 Å². The number of likely N-dealkylation sites (tertiary alicyclic amines) is 1. The van der Waals surface area contributed by atoms with Gasteiger partial charge in [-0.05, 0) is 37.1 Å². The van der Waals surface area contributed by atoms with Crippen molar-refractivity contribution in [3.8, 4) is 17.1 Å². The standard InChI is InChI=1S/C21H21N3O3/c1-14-4-3-5-16(12-14)20-22-21(27-23-20)18-10-11-19(25)24(18)13-15-6-8-17(26-2)9-7-15/h3-9,12,18H,10-11,13H2,1-2H3. The molecule has 0 spiro atoms. The van der Waals surface area contributed by atoms with Crippen LogP contribution in [0.3, 0.4) is 0 Å². The molecule has 1 amide bonds. The van der Waals surface area contributed by atoms with Crippen LogP contribution in [0.15, 0.2) is 53.1 Å². The number of carbonyl (C=O) groups excluding carboxylic acids is 1. The maximum atomic E-state index is 12.4. The number of methoxy groups -OCH3 is 1. The number of nitrogens with zero attached hydrogens (tertiary/aromatic N) is 3. The average Bonchev–Trinajstić information content (AvgIpc) is 3.30. The summed E-state index contributed by atoms with van der Waals surface area (Å²) in [6.45, 7) is 2.53. The number of carbonyl (C=O) groups is 1.